The predicted octanol–water partition coefficient (Wildman–Crippen LogP) is 1.23. The third-order valence-electron chi connectivity index (χ3n) is 3.07. The molecule has 0 unspecified atom stereocenters. The zero-order valence-electron chi connectivity index (χ0n) is 10.5. The zero-order valence-corrected chi connectivity index (χ0v) is 10.5. The van der Waals surface area contributed by atoms with Gasteiger partial charge in [-0.2, -0.15) is 0 Å². The predicted molar refractivity (Wildman–Crippen MR) is 63.3 cm³/mol. The highest BCUT2D eigenvalue weighted by Gasteiger charge is 2.24. The Bertz CT molecular complexity index is 172. The van der Waals surface area contributed by atoms with E-state index in [9.17, 15) is 5.11 Å². The number of nitrogens with zero attached hydrogens (tertiary/aromatic N) is 1. The first-order valence-electron chi connectivity index (χ1n) is 6.39. The molecule has 4 heteroatoms. The lowest BCUT2D eigenvalue weighted by molar-refractivity contribution is -0.142. The summed E-state index contributed by atoms with van der Waals surface area (Å²) in [5.41, 5.74) is 0. The molecule has 0 spiro atoms. The summed E-state index contributed by atoms with van der Waals surface area (Å²) in [6.07, 6.45) is 3.11. The number of ether oxygens (including phenoxy) is 2. The Kier molecular flexibility index (Phi) is 6.96. The Morgan fingerprint density at radius 3 is 2.56 bits per heavy atom. The van der Waals surface area contributed by atoms with E-state index in [0.29, 0.717) is 19.3 Å². The van der Waals surface area contributed by atoms with Crippen molar-refractivity contribution in [2.45, 2.75) is 45.4 Å². The van der Waals surface area contributed by atoms with Crippen molar-refractivity contribution in [1.29, 1.82) is 0 Å². The Labute approximate surface area is 98.5 Å². The van der Waals surface area contributed by atoms with E-state index in [2.05, 4.69) is 4.90 Å². The van der Waals surface area contributed by atoms with Crippen molar-refractivity contribution in [3.63, 3.8) is 0 Å². The molecule has 16 heavy (non-hydrogen) atoms. The number of likely N-dealkylation sites (tertiary alicyclic amines) is 1. The Morgan fingerprint density at radius 1 is 1.31 bits per heavy atom. The summed E-state index contributed by atoms with van der Waals surface area (Å²) in [5.74, 6) is 0. The third kappa shape index (κ3) is 4.37. The van der Waals surface area contributed by atoms with Gasteiger partial charge in [-0.3, -0.25) is 4.90 Å². The monoisotopic (exact) mass is 231 g/mol. The second kappa shape index (κ2) is 8.01. The lowest BCUT2D eigenvalue weighted by atomic mass is 10.2. The zero-order chi connectivity index (χ0) is 11.8. The maximum atomic E-state index is 9.20. The number of hydrogen-bond acceptors (Lipinski definition) is 4. The molecule has 1 aliphatic rings. The molecule has 1 heterocycles. The van der Waals surface area contributed by atoms with Gasteiger partial charge in [0.25, 0.3) is 0 Å². The molecule has 1 atom stereocenters. The molecule has 1 fully saturated rings. The summed E-state index contributed by atoms with van der Waals surface area (Å²) in [6.45, 7) is 7.67. The summed E-state index contributed by atoms with van der Waals surface area (Å²) in [6, 6.07) is 0.351. The molecular formula is C12H25NO3. The first kappa shape index (κ1) is 13.9. The first-order chi connectivity index (χ1) is 7.81. The van der Waals surface area contributed by atoms with Crippen LogP contribution in [-0.4, -0.2) is 55.2 Å². The van der Waals surface area contributed by atoms with Crippen LogP contribution in [0, 0.1) is 0 Å². The molecule has 0 aromatic rings. The molecule has 1 rings (SSSR count). The maximum Gasteiger partial charge on any atom is 0.158 e. The molecule has 0 aromatic heterocycles. The summed E-state index contributed by atoms with van der Waals surface area (Å²) >= 11 is 0. The lowest BCUT2D eigenvalue weighted by Gasteiger charge is -2.25. The van der Waals surface area contributed by atoms with Crippen LogP contribution in [0.25, 0.3) is 0 Å². The molecule has 0 amide bonds. The molecular weight excluding hydrogens is 206 g/mol. The van der Waals surface area contributed by atoms with E-state index in [1.54, 1.807) is 0 Å². The van der Waals surface area contributed by atoms with Crippen molar-refractivity contribution >= 4 is 0 Å². The molecule has 96 valence electrons. The highest BCUT2D eigenvalue weighted by Crippen LogP contribution is 2.17. The van der Waals surface area contributed by atoms with E-state index < -0.39 is 0 Å². The average Bonchev–Trinajstić information content (AvgIpc) is 2.74. The first-order valence-corrected chi connectivity index (χ1v) is 6.39. The standard InChI is InChI=1S/C12H25NO3/c1-3-15-12(16-4-2)7-9-13-8-5-6-11(13)10-14/h11-12,14H,3-10H2,1-2H3/t11-/m1/s1. The van der Waals surface area contributed by atoms with E-state index in [4.69, 9.17) is 9.47 Å². The fourth-order valence-corrected chi connectivity index (χ4v) is 2.25. The van der Waals surface area contributed by atoms with Gasteiger partial charge in [-0.15, -0.1) is 0 Å². The van der Waals surface area contributed by atoms with Crippen LogP contribution >= 0.6 is 0 Å². The van der Waals surface area contributed by atoms with Gasteiger partial charge >= 0.3 is 0 Å². The van der Waals surface area contributed by atoms with Crippen molar-refractivity contribution in [2.24, 2.45) is 0 Å². The Morgan fingerprint density at radius 2 is 2.00 bits per heavy atom. The highest BCUT2D eigenvalue weighted by atomic mass is 16.7. The van der Waals surface area contributed by atoms with Crippen LogP contribution < -0.4 is 0 Å². The minimum atomic E-state index is -0.0880. The van der Waals surface area contributed by atoms with Gasteiger partial charge in [0.2, 0.25) is 0 Å². The number of hydrogen-bond donors (Lipinski definition) is 1. The molecule has 0 aliphatic carbocycles. The minimum absolute atomic E-state index is 0.0880. The van der Waals surface area contributed by atoms with E-state index in [0.717, 1.165) is 25.9 Å². The van der Waals surface area contributed by atoms with Crippen LogP contribution in [0.4, 0.5) is 0 Å². The SMILES string of the molecule is CCOC(CCN1CCC[C@@H]1CO)OCC. The second-order valence-electron chi connectivity index (χ2n) is 4.14. The third-order valence-corrected chi connectivity index (χ3v) is 3.07. The summed E-state index contributed by atoms with van der Waals surface area (Å²) in [4.78, 5) is 2.34. The van der Waals surface area contributed by atoms with Gasteiger partial charge in [-0.25, -0.2) is 0 Å². The summed E-state index contributed by atoms with van der Waals surface area (Å²) in [7, 11) is 0. The van der Waals surface area contributed by atoms with Crippen molar-refractivity contribution in [3.8, 4) is 0 Å². The number of rotatable bonds is 8. The molecule has 1 N–H and O–H groups in total. The normalized spacial score (nSPS) is 22.1. The quantitative estimate of drug-likeness (QED) is 0.638. The largest absolute Gasteiger partial charge is 0.395 e. The van der Waals surface area contributed by atoms with Crippen LogP contribution in [0.15, 0.2) is 0 Å². The van der Waals surface area contributed by atoms with Crippen LogP contribution in [0.2, 0.25) is 0 Å². The van der Waals surface area contributed by atoms with E-state index >= 15 is 0 Å². The molecule has 0 saturated carbocycles. The van der Waals surface area contributed by atoms with Gasteiger partial charge in [0.05, 0.1) is 6.61 Å². The summed E-state index contributed by atoms with van der Waals surface area (Å²) < 4.78 is 11.0. The van der Waals surface area contributed by atoms with Crippen molar-refractivity contribution in [3.05, 3.63) is 0 Å². The van der Waals surface area contributed by atoms with E-state index in [1.807, 2.05) is 13.8 Å². The smallest absolute Gasteiger partial charge is 0.158 e. The fourth-order valence-electron chi connectivity index (χ4n) is 2.25. The molecule has 0 aromatic carbocycles. The van der Waals surface area contributed by atoms with Crippen LogP contribution in [0.3, 0.4) is 0 Å². The van der Waals surface area contributed by atoms with Crippen LogP contribution in [-0.2, 0) is 9.47 Å². The fraction of sp³-hybridized carbons (Fsp3) is 1.00. The van der Waals surface area contributed by atoms with E-state index in [1.165, 1.54) is 6.42 Å². The van der Waals surface area contributed by atoms with Crippen molar-refractivity contribution in [1.82, 2.24) is 4.90 Å². The topological polar surface area (TPSA) is 41.9 Å². The van der Waals surface area contributed by atoms with Crippen molar-refractivity contribution < 1.29 is 14.6 Å². The minimum Gasteiger partial charge on any atom is -0.395 e. The van der Waals surface area contributed by atoms with Gasteiger partial charge in [-0.1, -0.05) is 0 Å². The lowest BCUT2D eigenvalue weighted by Crippen LogP contribution is -2.35. The highest BCUT2D eigenvalue weighted by molar-refractivity contribution is 4.78. The van der Waals surface area contributed by atoms with Gasteiger partial charge in [0, 0.05) is 32.2 Å². The van der Waals surface area contributed by atoms with Crippen LogP contribution in [0.1, 0.15) is 33.1 Å². The Balaban J connectivity index is 2.24. The van der Waals surface area contributed by atoms with Gasteiger partial charge in [-0.05, 0) is 33.2 Å². The maximum absolute atomic E-state index is 9.20. The average molecular weight is 231 g/mol. The molecule has 1 saturated heterocycles. The summed E-state index contributed by atoms with van der Waals surface area (Å²) in [5, 5.41) is 9.20. The Hall–Kier alpha value is -0.160. The van der Waals surface area contributed by atoms with Crippen LogP contribution in [0.5, 0.6) is 0 Å². The van der Waals surface area contributed by atoms with E-state index in [-0.39, 0.29) is 12.9 Å². The number of aliphatic hydroxyl groups excluding tert-OH is 1. The molecule has 4 nitrogen and oxygen atoms in total. The second-order valence-corrected chi connectivity index (χ2v) is 4.14. The van der Waals surface area contributed by atoms with Crippen molar-refractivity contribution in [2.75, 3.05) is 32.9 Å². The molecule has 0 radical (unpaired) electrons. The van der Waals surface area contributed by atoms with Gasteiger partial charge in [0.1, 0.15) is 0 Å². The molecule has 1 aliphatic heterocycles. The van der Waals surface area contributed by atoms with Gasteiger partial charge in [0.15, 0.2) is 6.29 Å². The van der Waals surface area contributed by atoms with Gasteiger partial charge < -0.3 is 14.6 Å². The molecule has 0 bridgehead atoms. The number of aliphatic hydroxyl groups is 1.